The van der Waals surface area contributed by atoms with E-state index < -0.39 is 5.54 Å². The number of hydrogen-bond acceptors (Lipinski definition) is 3. The van der Waals surface area contributed by atoms with Gasteiger partial charge in [0, 0.05) is 24.7 Å². The van der Waals surface area contributed by atoms with E-state index in [1.54, 1.807) is 12.1 Å². The maximum Gasteiger partial charge on any atom is 0.251 e. The second kappa shape index (κ2) is 5.48. The van der Waals surface area contributed by atoms with E-state index in [1.165, 1.54) is 0 Å². The van der Waals surface area contributed by atoms with Gasteiger partial charge < -0.3 is 16.0 Å². The van der Waals surface area contributed by atoms with Crippen LogP contribution in [-0.2, 0) is 4.79 Å². The van der Waals surface area contributed by atoms with Gasteiger partial charge in [-0.2, -0.15) is 0 Å². The van der Waals surface area contributed by atoms with Crippen LogP contribution in [0.15, 0.2) is 30.3 Å². The number of amides is 2. The number of rotatable bonds is 3. The van der Waals surface area contributed by atoms with Crippen LogP contribution in [-0.4, -0.2) is 41.4 Å². The average Bonchev–Trinajstić information content (AvgIpc) is 3.27. The number of carbonyl (C=O) groups is 2. The summed E-state index contributed by atoms with van der Waals surface area (Å²) in [7, 11) is 0. The molecule has 0 spiro atoms. The Morgan fingerprint density at radius 2 is 1.76 bits per heavy atom. The first-order valence-electron chi connectivity index (χ1n) is 7.53. The first-order valence-corrected chi connectivity index (χ1v) is 7.53. The number of piperidine rings is 1. The number of benzene rings is 1. The van der Waals surface area contributed by atoms with E-state index >= 15 is 0 Å². The molecule has 0 unspecified atom stereocenters. The monoisotopic (exact) mass is 287 g/mol. The molecule has 0 bridgehead atoms. The Labute approximate surface area is 124 Å². The van der Waals surface area contributed by atoms with Crippen molar-refractivity contribution in [2.24, 2.45) is 5.73 Å². The summed E-state index contributed by atoms with van der Waals surface area (Å²) in [4.78, 5) is 26.1. The number of nitrogens with one attached hydrogen (secondary N) is 1. The van der Waals surface area contributed by atoms with E-state index in [9.17, 15) is 9.59 Å². The number of carbonyl (C=O) groups excluding carboxylic acids is 2. The van der Waals surface area contributed by atoms with Gasteiger partial charge >= 0.3 is 0 Å². The summed E-state index contributed by atoms with van der Waals surface area (Å²) in [5.41, 5.74) is 6.04. The van der Waals surface area contributed by atoms with Crippen molar-refractivity contribution in [3.05, 3.63) is 35.9 Å². The number of hydrogen-bond donors (Lipinski definition) is 2. The zero-order valence-corrected chi connectivity index (χ0v) is 12.0. The predicted octanol–water partition coefficient (Wildman–Crippen LogP) is 0.899. The number of likely N-dealkylation sites (tertiary alicyclic amines) is 1. The zero-order chi connectivity index (χ0) is 14.9. The molecule has 5 heteroatoms. The average molecular weight is 287 g/mol. The molecule has 0 radical (unpaired) electrons. The lowest BCUT2D eigenvalue weighted by Gasteiger charge is -2.34. The van der Waals surface area contributed by atoms with E-state index in [0.717, 1.165) is 25.7 Å². The smallest absolute Gasteiger partial charge is 0.251 e. The highest BCUT2D eigenvalue weighted by Gasteiger charge is 2.48. The lowest BCUT2D eigenvalue weighted by atomic mass is 10.0. The van der Waals surface area contributed by atoms with Crippen molar-refractivity contribution in [2.45, 2.75) is 37.3 Å². The van der Waals surface area contributed by atoms with Gasteiger partial charge in [0.15, 0.2) is 0 Å². The standard InChI is InChI=1S/C16H21N3O2/c17-16(8-9-16)15(21)19-10-6-13(7-11-19)18-14(20)12-4-2-1-3-5-12/h1-5,13H,6-11,17H2,(H,18,20). The van der Waals surface area contributed by atoms with Crippen LogP contribution < -0.4 is 11.1 Å². The molecule has 1 aromatic carbocycles. The minimum Gasteiger partial charge on any atom is -0.349 e. The van der Waals surface area contributed by atoms with Crippen LogP contribution >= 0.6 is 0 Å². The van der Waals surface area contributed by atoms with Crippen LogP contribution in [0.2, 0.25) is 0 Å². The normalized spacial score (nSPS) is 20.9. The highest BCUT2D eigenvalue weighted by Crippen LogP contribution is 2.34. The molecule has 2 fully saturated rings. The van der Waals surface area contributed by atoms with Crippen LogP contribution in [0.4, 0.5) is 0 Å². The second-order valence-corrected chi connectivity index (χ2v) is 6.06. The van der Waals surface area contributed by atoms with Gasteiger partial charge in [-0.25, -0.2) is 0 Å². The Bertz CT molecular complexity index is 532. The van der Waals surface area contributed by atoms with Gasteiger partial charge in [0.25, 0.3) is 5.91 Å². The van der Waals surface area contributed by atoms with Crippen molar-refractivity contribution in [3.63, 3.8) is 0 Å². The fraction of sp³-hybridized carbons (Fsp3) is 0.500. The molecule has 1 saturated heterocycles. The van der Waals surface area contributed by atoms with Crippen LogP contribution in [0, 0.1) is 0 Å². The molecule has 2 aliphatic rings. The summed E-state index contributed by atoms with van der Waals surface area (Å²) in [5, 5.41) is 3.04. The van der Waals surface area contributed by atoms with Crippen LogP contribution in [0.5, 0.6) is 0 Å². The van der Waals surface area contributed by atoms with Crippen LogP contribution in [0.3, 0.4) is 0 Å². The fourth-order valence-electron chi connectivity index (χ4n) is 2.75. The van der Waals surface area contributed by atoms with Crippen molar-refractivity contribution in [1.29, 1.82) is 0 Å². The molecule has 1 saturated carbocycles. The number of nitrogens with zero attached hydrogens (tertiary/aromatic N) is 1. The third-order valence-electron chi connectivity index (χ3n) is 4.37. The molecule has 1 heterocycles. The maximum atomic E-state index is 12.1. The van der Waals surface area contributed by atoms with E-state index in [-0.39, 0.29) is 17.9 Å². The van der Waals surface area contributed by atoms with Gasteiger partial charge in [0.2, 0.25) is 5.91 Å². The summed E-state index contributed by atoms with van der Waals surface area (Å²) < 4.78 is 0. The molecule has 1 aromatic rings. The van der Waals surface area contributed by atoms with Gasteiger partial charge in [-0.05, 0) is 37.8 Å². The molecule has 5 nitrogen and oxygen atoms in total. The van der Waals surface area contributed by atoms with E-state index in [4.69, 9.17) is 5.73 Å². The van der Waals surface area contributed by atoms with Crippen LogP contribution in [0.25, 0.3) is 0 Å². The molecular weight excluding hydrogens is 266 g/mol. The third kappa shape index (κ3) is 3.08. The molecule has 0 atom stereocenters. The summed E-state index contributed by atoms with van der Waals surface area (Å²) in [6.07, 6.45) is 3.19. The predicted molar refractivity (Wildman–Crippen MR) is 79.7 cm³/mol. The Morgan fingerprint density at radius 3 is 2.33 bits per heavy atom. The minimum atomic E-state index is -0.583. The fourth-order valence-corrected chi connectivity index (χ4v) is 2.75. The van der Waals surface area contributed by atoms with E-state index in [1.807, 2.05) is 23.1 Å². The Balaban J connectivity index is 1.50. The molecule has 1 aliphatic heterocycles. The minimum absolute atomic E-state index is 0.0436. The van der Waals surface area contributed by atoms with Crippen molar-refractivity contribution in [2.75, 3.05) is 13.1 Å². The summed E-state index contributed by atoms with van der Waals surface area (Å²) >= 11 is 0. The van der Waals surface area contributed by atoms with Crippen LogP contribution in [0.1, 0.15) is 36.0 Å². The van der Waals surface area contributed by atoms with Crippen molar-refractivity contribution < 1.29 is 9.59 Å². The van der Waals surface area contributed by atoms with Gasteiger partial charge in [0.1, 0.15) is 0 Å². The Kier molecular flexibility index (Phi) is 3.68. The molecular formula is C16H21N3O2. The van der Waals surface area contributed by atoms with Gasteiger partial charge in [-0.1, -0.05) is 18.2 Å². The SMILES string of the molecule is NC1(C(=O)N2CCC(NC(=O)c3ccccc3)CC2)CC1. The lowest BCUT2D eigenvalue weighted by molar-refractivity contribution is -0.134. The molecule has 21 heavy (non-hydrogen) atoms. The molecule has 112 valence electrons. The largest absolute Gasteiger partial charge is 0.349 e. The van der Waals surface area contributed by atoms with E-state index in [0.29, 0.717) is 18.7 Å². The van der Waals surface area contributed by atoms with Crippen molar-refractivity contribution >= 4 is 11.8 Å². The molecule has 3 rings (SSSR count). The molecule has 2 amide bonds. The molecule has 3 N–H and O–H groups in total. The zero-order valence-electron chi connectivity index (χ0n) is 12.0. The Hall–Kier alpha value is -1.88. The first kappa shape index (κ1) is 14.1. The summed E-state index contributed by atoms with van der Waals surface area (Å²) in [6, 6.07) is 9.34. The lowest BCUT2D eigenvalue weighted by Crippen LogP contribution is -2.52. The highest BCUT2D eigenvalue weighted by atomic mass is 16.2. The van der Waals surface area contributed by atoms with Gasteiger partial charge in [0.05, 0.1) is 5.54 Å². The van der Waals surface area contributed by atoms with E-state index in [2.05, 4.69) is 5.32 Å². The Morgan fingerprint density at radius 1 is 1.14 bits per heavy atom. The van der Waals surface area contributed by atoms with Crippen molar-refractivity contribution in [3.8, 4) is 0 Å². The highest BCUT2D eigenvalue weighted by molar-refractivity contribution is 5.94. The topological polar surface area (TPSA) is 75.4 Å². The summed E-state index contributed by atoms with van der Waals surface area (Å²) in [6.45, 7) is 1.36. The molecule has 1 aliphatic carbocycles. The quantitative estimate of drug-likeness (QED) is 0.867. The second-order valence-electron chi connectivity index (χ2n) is 6.06. The maximum absolute atomic E-state index is 12.1. The van der Waals surface area contributed by atoms with Gasteiger partial charge in [-0.3, -0.25) is 9.59 Å². The molecule has 0 aromatic heterocycles. The summed E-state index contributed by atoms with van der Waals surface area (Å²) in [5.74, 6) is 0.0354. The first-order chi connectivity index (χ1) is 10.1. The van der Waals surface area contributed by atoms with Crippen molar-refractivity contribution in [1.82, 2.24) is 10.2 Å². The third-order valence-corrected chi connectivity index (χ3v) is 4.37. The van der Waals surface area contributed by atoms with Gasteiger partial charge in [-0.15, -0.1) is 0 Å². The number of nitrogens with two attached hydrogens (primary N) is 1.